The molecule has 0 aliphatic rings. The first-order valence-corrected chi connectivity index (χ1v) is 38.7. The van der Waals surface area contributed by atoms with Crippen molar-refractivity contribution in [2.75, 3.05) is 51.6 Å². The van der Waals surface area contributed by atoms with Gasteiger partial charge in [-0.1, -0.05) is 205 Å². The predicted molar refractivity (Wildman–Crippen MR) is 454 cm³/mol. The van der Waals surface area contributed by atoms with Crippen molar-refractivity contribution in [3.05, 3.63) is 386 Å². The smallest absolute Gasteiger partial charge is 0.416 e. The Morgan fingerprint density at radius 3 is 1.07 bits per heavy atom. The maximum Gasteiger partial charge on any atom is 0.416 e. The summed E-state index contributed by atoms with van der Waals surface area (Å²) in [5.74, 6) is 3.56. The van der Waals surface area contributed by atoms with E-state index >= 15 is 0 Å². The molecule has 13 rings (SSSR count). The summed E-state index contributed by atoms with van der Waals surface area (Å²) >= 11 is 18.4. The van der Waals surface area contributed by atoms with Gasteiger partial charge in [0, 0.05) is 105 Å². The third kappa shape index (κ3) is 26.3. The number of methoxy groups -OCH3 is 3. The number of carbonyl (C=O) groups excluding carboxylic acids is 3. The number of halogens is 6. The van der Waals surface area contributed by atoms with Crippen LogP contribution in [0.1, 0.15) is 66.4 Å². The molecule has 3 heterocycles. The Labute approximate surface area is 694 Å². The van der Waals surface area contributed by atoms with Crippen LogP contribution < -0.4 is 39.1 Å². The number of nitrogens with zero attached hydrogens (tertiary/aromatic N) is 6. The molecule has 0 saturated carbocycles. The van der Waals surface area contributed by atoms with Crippen LogP contribution in [0.15, 0.2) is 310 Å². The SMILES string of the molecule is COc1cc(CN(CCc2ccccn2)C(=O)Nc2ccc(C(F)(F)F)cc2Cl)ccc1OCc1ccccc1.COc1cc(CN(CCc2ccccn2)C(=O)Nc2ccc(Cl)cc2Cl)ccc1OCc1ccccc1.COc1cc(CN(CCc2ccccn2)C(=O)c2ccc(-c3ccccc3)cc2)ccc1OCc1ccccc1. The Morgan fingerprint density at radius 2 is 0.709 bits per heavy atom. The molecule has 0 saturated heterocycles. The van der Waals surface area contributed by atoms with E-state index in [1.54, 1.807) is 74.1 Å². The van der Waals surface area contributed by atoms with E-state index in [-0.39, 0.29) is 35.7 Å². The number of pyridine rings is 3. The fourth-order valence-corrected chi connectivity index (χ4v) is 12.9. The first kappa shape index (κ1) is 85.0. The summed E-state index contributed by atoms with van der Waals surface area (Å²) in [7, 11) is 4.77. The summed E-state index contributed by atoms with van der Waals surface area (Å²) in [4.78, 5) is 58.6. The lowest BCUT2D eigenvalue weighted by Gasteiger charge is -2.24. The van der Waals surface area contributed by atoms with E-state index in [0.29, 0.717) is 121 Å². The standard InChI is InChI=1S/C35H32N2O3.C30H27ClF3N3O3.C29H27Cl2N3O3/c1-39-34-24-28(15-20-33(34)40-26-27-10-4-2-5-11-27)25-37(23-21-32-14-8-9-22-36-32)35(38)31-18-16-30(17-19-31)29-12-6-3-7-13-29;1-39-28-17-22(10-13-27(28)40-20-21-7-3-2-4-8-21)19-37(16-14-24-9-5-6-15-35-24)29(38)36-26-12-11-23(18-25(26)31)30(32,33)34;1-36-28-17-22(10-13-27(28)37-20-21-7-3-2-4-8-21)19-34(16-14-24-9-5-6-15-32-24)29(35)33-26-12-11-23(30)18-25(26)31/h2-20,22,24H,21,23,25-26H2,1H3;2-13,15,17-18H,14,16,19-20H2,1H3,(H,36,38);2-13,15,17-18H,14,16,19-20H2,1H3,(H,33,35). The minimum atomic E-state index is -4.54. The monoisotopic (exact) mass is 1630 g/mol. The number of amides is 5. The van der Waals surface area contributed by atoms with Crippen LogP contribution in [-0.2, 0) is 64.9 Å². The van der Waals surface area contributed by atoms with Gasteiger partial charge in [-0.2, -0.15) is 13.2 Å². The van der Waals surface area contributed by atoms with Crippen LogP contribution in [0.2, 0.25) is 15.1 Å². The molecule has 598 valence electrons. The number of aromatic nitrogens is 3. The highest BCUT2D eigenvalue weighted by Crippen LogP contribution is 2.37. The van der Waals surface area contributed by atoms with Gasteiger partial charge in [0.05, 0.1) is 48.3 Å². The van der Waals surface area contributed by atoms with E-state index in [1.807, 2.05) is 229 Å². The van der Waals surface area contributed by atoms with Gasteiger partial charge in [-0.3, -0.25) is 19.7 Å². The van der Waals surface area contributed by atoms with Gasteiger partial charge in [0.15, 0.2) is 34.5 Å². The zero-order valence-electron chi connectivity index (χ0n) is 64.6. The van der Waals surface area contributed by atoms with Crippen molar-refractivity contribution in [1.29, 1.82) is 0 Å². The number of benzene rings is 10. The predicted octanol–water partition coefficient (Wildman–Crippen LogP) is 22.1. The van der Waals surface area contributed by atoms with Gasteiger partial charge in [0.25, 0.3) is 5.91 Å². The molecule has 0 aliphatic heterocycles. The number of rotatable bonds is 31. The van der Waals surface area contributed by atoms with Gasteiger partial charge < -0.3 is 53.8 Å². The van der Waals surface area contributed by atoms with Gasteiger partial charge >= 0.3 is 18.2 Å². The molecule has 0 fully saturated rings. The summed E-state index contributed by atoms with van der Waals surface area (Å²) in [6.45, 7) is 3.47. The fourth-order valence-electron chi connectivity index (χ4n) is 12.2. The molecular weight excluding hydrogens is 1550 g/mol. The third-order valence-corrected chi connectivity index (χ3v) is 19.3. The normalized spacial score (nSPS) is 10.8. The summed E-state index contributed by atoms with van der Waals surface area (Å²) in [5, 5.41) is 6.18. The zero-order chi connectivity index (χ0) is 82.1. The van der Waals surface area contributed by atoms with Gasteiger partial charge in [-0.05, 0) is 166 Å². The first-order chi connectivity index (χ1) is 56.9. The Balaban J connectivity index is 0.000000172. The number of anilines is 2. The largest absolute Gasteiger partial charge is 0.493 e. The van der Waals surface area contributed by atoms with E-state index in [0.717, 1.165) is 79.8 Å². The topological polar surface area (TPSA) is 179 Å². The number of carbonyl (C=O) groups is 3. The van der Waals surface area contributed by atoms with Crippen LogP contribution in [0.4, 0.5) is 34.1 Å². The summed E-state index contributed by atoms with van der Waals surface area (Å²) < 4.78 is 73.8. The summed E-state index contributed by atoms with van der Waals surface area (Å²) in [6.07, 6.45) is 2.36. The van der Waals surface area contributed by atoms with E-state index in [1.165, 1.54) is 12.0 Å². The fraction of sp³-hybridized carbons (Fsp3) is 0.170. The molecule has 10 aromatic carbocycles. The van der Waals surface area contributed by atoms with E-state index < -0.39 is 17.8 Å². The van der Waals surface area contributed by atoms with Crippen LogP contribution in [0.25, 0.3) is 11.1 Å². The molecule has 5 amide bonds. The van der Waals surface area contributed by atoms with Gasteiger partial charge in [0.1, 0.15) is 19.8 Å². The molecule has 117 heavy (non-hydrogen) atoms. The molecule has 0 atom stereocenters. The van der Waals surface area contributed by atoms with E-state index in [9.17, 15) is 27.6 Å². The molecule has 17 nitrogen and oxygen atoms in total. The maximum absolute atomic E-state index is 13.7. The average Bonchev–Trinajstić information content (AvgIpc) is 0.868. The molecule has 0 aliphatic carbocycles. The second-order valence-electron chi connectivity index (χ2n) is 26.7. The Kier molecular flexibility index (Phi) is 31.7. The highest BCUT2D eigenvalue weighted by atomic mass is 35.5. The third-order valence-electron chi connectivity index (χ3n) is 18.4. The second-order valence-corrected chi connectivity index (χ2v) is 27.9. The molecule has 23 heteroatoms. The number of alkyl halides is 3. The van der Waals surface area contributed by atoms with Crippen molar-refractivity contribution in [1.82, 2.24) is 29.7 Å². The van der Waals surface area contributed by atoms with Crippen LogP contribution >= 0.6 is 34.8 Å². The molecule has 3 aromatic heterocycles. The van der Waals surface area contributed by atoms with Crippen molar-refractivity contribution < 1.29 is 56.0 Å². The van der Waals surface area contributed by atoms with Crippen molar-refractivity contribution in [3.8, 4) is 45.6 Å². The van der Waals surface area contributed by atoms with Crippen LogP contribution in [0, 0.1) is 0 Å². The lowest BCUT2D eigenvalue weighted by Crippen LogP contribution is -2.36. The van der Waals surface area contributed by atoms with E-state index in [4.69, 9.17) is 63.2 Å². The second kappa shape index (κ2) is 43.6. The van der Waals surface area contributed by atoms with Gasteiger partial charge in [-0.15, -0.1) is 0 Å². The molecule has 0 bridgehead atoms. The van der Waals surface area contributed by atoms with Gasteiger partial charge in [-0.25, -0.2) is 9.59 Å². The lowest BCUT2D eigenvalue weighted by atomic mass is 10.0. The van der Waals surface area contributed by atoms with Crippen molar-refractivity contribution in [2.24, 2.45) is 0 Å². The molecule has 0 radical (unpaired) electrons. The number of hydrogen-bond donors (Lipinski definition) is 2. The number of urea groups is 2. The van der Waals surface area contributed by atoms with Crippen molar-refractivity contribution in [2.45, 2.75) is 64.9 Å². The summed E-state index contributed by atoms with van der Waals surface area (Å²) in [5.41, 5.74) is 10.9. The molecule has 2 N–H and O–H groups in total. The molecule has 0 unspecified atom stereocenters. The van der Waals surface area contributed by atoms with Crippen molar-refractivity contribution >= 4 is 64.1 Å². The minimum Gasteiger partial charge on any atom is -0.493 e. The quantitative estimate of drug-likeness (QED) is 0.0421. The highest BCUT2D eigenvalue weighted by Gasteiger charge is 2.31. The zero-order valence-corrected chi connectivity index (χ0v) is 66.8. The average molecular weight is 1640 g/mol. The number of ether oxygens (including phenoxy) is 6. The Hall–Kier alpha value is -12.9. The maximum atomic E-state index is 13.7. The molecule has 13 aromatic rings. The Morgan fingerprint density at radius 1 is 0.359 bits per heavy atom. The number of hydrogen-bond acceptors (Lipinski definition) is 12. The van der Waals surface area contributed by atoms with Crippen molar-refractivity contribution in [3.63, 3.8) is 0 Å². The minimum absolute atomic E-state index is 0.0288. The molecular formula is C94H86Cl3F3N8O9. The Bertz CT molecular complexity index is 5300. The van der Waals surface area contributed by atoms with Crippen LogP contribution in [0.5, 0.6) is 34.5 Å². The number of nitrogens with one attached hydrogen (secondary N) is 2. The van der Waals surface area contributed by atoms with Gasteiger partial charge in [0.2, 0.25) is 0 Å². The van der Waals surface area contributed by atoms with Crippen LogP contribution in [-0.4, -0.2) is 88.6 Å². The molecule has 0 spiro atoms. The summed E-state index contributed by atoms with van der Waals surface area (Å²) in [6, 6.07) is 88.6. The lowest BCUT2D eigenvalue weighted by molar-refractivity contribution is -0.137. The highest BCUT2D eigenvalue weighted by molar-refractivity contribution is 6.36. The first-order valence-electron chi connectivity index (χ1n) is 37.5. The van der Waals surface area contributed by atoms with E-state index in [2.05, 4.69) is 37.7 Å². The van der Waals surface area contributed by atoms with Crippen LogP contribution in [0.3, 0.4) is 0 Å².